The van der Waals surface area contributed by atoms with Crippen molar-refractivity contribution >= 4 is 17.8 Å². The van der Waals surface area contributed by atoms with Gasteiger partial charge in [-0.15, -0.1) is 0 Å². The van der Waals surface area contributed by atoms with Crippen molar-refractivity contribution in [3.63, 3.8) is 0 Å². The largest absolute Gasteiger partial charge is 0.460 e. The summed E-state index contributed by atoms with van der Waals surface area (Å²) < 4.78 is 5.21. The molecule has 0 saturated carbocycles. The number of ether oxygens (including phenoxy) is 1. The third kappa shape index (κ3) is 9.81. The van der Waals surface area contributed by atoms with E-state index in [0.29, 0.717) is 13.0 Å². The summed E-state index contributed by atoms with van der Waals surface area (Å²) >= 11 is 0. The second-order valence-corrected chi connectivity index (χ2v) is 8.09. The van der Waals surface area contributed by atoms with E-state index in [2.05, 4.69) is 16.0 Å². The summed E-state index contributed by atoms with van der Waals surface area (Å²) in [6.07, 6.45) is 1.11. The number of nitrogens with one attached hydrogen (secondary N) is 3. The molecular weight excluding hydrogens is 442 g/mol. The first kappa shape index (κ1) is 25.6. The van der Waals surface area contributed by atoms with Crippen LogP contribution in [0.4, 0.5) is 0 Å². The van der Waals surface area contributed by atoms with Gasteiger partial charge >= 0.3 is 5.97 Å². The summed E-state index contributed by atoms with van der Waals surface area (Å²) in [6.45, 7) is 0.585. The van der Waals surface area contributed by atoms with Gasteiger partial charge in [0.25, 0.3) is 0 Å². The molecule has 0 saturated heterocycles. The number of carbonyl (C=O) groups is 3. The highest BCUT2D eigenvalue weighted by Gasteiger charge is 2.22. The first-order valence-corrected chi connectivity index (χ1v) is 11.7. The molecule has 35 heavy (non-hydrogen) atoms. The maximum absolute atomic E-state index is 12.8. The summed E-state index contributed by atoms with van der Waals surface area (Å²) in [6, 6.07) is 27.9. The summed E-state index contributed by atoms with van der Waals surface area (Å²) in [7, 11) is 0. The van der Waals surface area contributed by atoms with Crippen molar-refractivity contribution < 1.29 is 19.1 Å². The van der Waals surface area contributed by atoms with E-state index in [0.717, 1.165) is 17.5 Å². The van der Waals surface area contributed by atoms with E-state index in [4.69, 9.17) is 4.74 Å². The van der Waals surface area contributed by atoms with Crippen LogP contribution in [0.3, 0.4) is 0 Å². The van der Waals surface area contributed by atoms with Gasteiger partial charge in [-0.1, -0.05) is 91.0 Å². The van der Waals surface area contributed by atoms with Crippen LogP contribution in [0, 0.1) is 0 Å². The molecule has 0 aliphatic heterocycles. The van der Waals surface area contributed by atoms with E-state index >= 15 is 0 Å². The zero-order chi connectivity index (χ0) is 24.7. The number of carbonyl (C=O) groups excluding carboxylic acids is 3. The molecule has 0 spiro atoms. The Hall–Kier alpha value is -3.97. The van der Waals surface area contributed by atoms with E-state index in [1.807, 2.05) is 91.0 Å². The fraction of sp³-hybridized carbons (Fsp3) is 0.250. The zero-order valence-electron chi connectivity index (χ0n) is 19.6. The number of benzene rings is 3. The second kappa shape index (κ2) is 14.3. The molecule has 3 aromatic rings. The van der Waals surface area contributed by atoms with E-state index in [1.54, 1.807) is 0 Å². The highest BCUT2D eigenvalue weighted by Crippen LogP contribution is 2.04. The first-order valence-electron chi connectivity index (χ1n) is 11.7. The Kier molecular flexibility index (Phi) is 10.5. The van der Waals surface area contributed by atoms with Crippen LogP contribution in [-0.2, 0) is 38.6 Å². The minimum atomic E-state index is -0.817. The van der Waals surface area contributed by atoms with Crippen molar-refractivity contribution in [2.75, 3.05) is 19.6 Å². The predicted molar refractivity (Wildman–Crippen MR) is 134 cm³/mol. The molecule has 7 nitrogen and oxygen atoms in total. The molecule has 2 amide bonds. The van der Waals surface area contributed by atoms with Gasteiger partial charge in [0.05, 0.1) is 6.54 Å². The maximum atomic E-state index is 12.8. The number of hydrogen-bond donors (Lipinski definition) is 3. The van der Waals surface area contributed by atoms with E-state index in [-0.39, 0.29) is 25.6 Å². The average molecular weight is 474 g/mol. The number of rotatable bonds is 13. The van der Waals surface area contributed by atoms with Gasteiger partial charge in [0.15, 0.2) is 0 Å². The molecule has 3 aromatic carbocycles. The van der Waals surface area contributed by atoms with Crippen LogP contribution in [0.25, 0.3) is 0 Å². The fourth-order valence-electron chi connectivity index (χ4n) is 3.46. The average Bonchev–Trinajstić information content (AvgIpc) is 2.90. The van der Waals surface area contributed by atoms with E-state index < -0.39 is 17.9 Å². The molecular formula is C28H31N3O4. The lowest BCUT2D eigenvalue weighted by molar-refractivity contribution is -0.145. The first-order chi connectivity index (χ1) is 17.1. The topological polar surface area (TPSA) is 96.5 Å². The van der Waals surface area contributed by atoms with Crippen LogP contribution in [-0.4, -0.2) is 43.5 Å². The van der Waals surface area contributed by atoms with Gasteiger partial charge in [0.2, 0.25) is 11.8 Å². The molecule has 0 unspecified atom stereocenters. The Bertz CT molecular complexity index is 1060. The molecule has 0 aliphatic rings. The molecule has 0 heterocycles. The van der Waals surface area contributed by atoms with E-state index in [9.17, 15) is 14.4 Å². The Morgan fingerprint density at radius 3 is 1.91 bits per heavy atom. The van der Waals surface area contributed by atoms with Crippen LogP contribution in [0.5, 0.6) is 0 Å². The molecule has 0 fully saturated rings. The van der Waals surface area contributed by atoms with Crippen LogP contribution >= 0.6 is 0 Å². The highest BCUT2D eigenvalue weighted by atomic mass is 16.5. The monoisotopic (exact) mass is 473 g/mol. The summed E-state index contributed by atoms with van der Waals surface area (Å²) in [5, 5.41) is 8.47. The zero-order valence-corrected chi connectivity index (χ0v) is 19.6. The van der Waals surface area contributed by atoms with Crippen LogP contribution < -0.4 is 16.0 Å². The molecule has 0 radical (unpaired) electrons. The van der Waals surface area contributed by atoms with Gasteiger partial charge in [-0.05, 0) is 29.7 Å². The number of esters is 1. The lowest BCUT2D eigenvalue weighted by atomic mass is 10.1. The molecule has 0 bridgehead atoms. The predicted octanol–water partition coefficient (Wildman–Crippen LogP) is 2.41. The highest BCUT2D eigenvalue weighted by molar-refractivity contribution is 5.90. The van der Waals surface area contributed by atoms with Gasteiger partial charge in [-0.25, -0.2) is 0 Å². The Morgan fingerprint density at radius 1 is 0.714 bits per heavy atom. The molecule has 0 aromatic heterocycles. The standard InChI is InChI=1S/C28H31N3O4/c32-26(19-29-17-16-22-10-4-1-5-11-22)31-25(18-23-12-6-2-7-13-23)28(34)30-20-27(33)35-21-24-14-8-3-9-15-24/h1-15,25,29H,16-21H2,(H,30,34)(H,31,32)/t25-/m1/s1. The minimum absolute atomic E-state index is 0.0878. The Labute approximate surface area is 205 Å². The van der Waals surface area contributed by atoms with Crippen LogP contribution in [0.1, 0.15) is 16.7 Å². The quantitative estimate of drug-likeness (QED) is 0.262. The van der Waals surface area contributed by atoms with E-state index in [1.165, 1.54) is 5.56 Å². The lowest BCUT2D eigenvalue weighted by Gasteiger charge is -2.19. The van der Waals surface area contributed by atoms with Crippen molar-refractivity contribution in [2.45, 2.75) is 25.5 Å². The summed E-state index contributed by atoms with van der Waals surface area (Å²) in [4.78, 5) is 37.4. The smallest absolute Gasteiger partial charge is 0.325 e. The number of amides is 2. The molecule has 7 heteroatoms. The SMILES string of the molecule is O=C(CNCCc1ccccc1)N[C@H](Cc1ccccc1)C(=O)NCC(=O)OCc1ccccc1. The second-order valence-electron chi connectivity index (χ2n) is 8.09. The normalized spacial score (nSPS) is 11.3. The van der Waals surface area contributed by atoms with Crippen molar-refractivity contribution in [3.05, 3.63) is 108 Å². The molecule has 0 aliphatic carbocycles. The molecule has 1 atom stereocenters. The fourth-order valence-corrected chi connectivity index (χ4v) is 3.46. The minimum Gasteiger partial charge on any atom is -0.460 e. The van der Waals surface area contributed by atoms with Gasteiger partial charge in [-0.2, -0.15) is 0 Å². The van der Waals surface area contributed by atoms with Gasteiger partial charge in [0.1, 0.15) is 19.2 Å². The summed E-state index contributed by atoms with van der Waals surface area (Å²) in [5.74, 6) is -1.28. The molecule has 182 valence electrons. The van der Waals surface area contributed by atoms with Crippen molar-refractivity contribution in [2.24, 2.45) is 0 Å². The van der Waals surface area contributed by atoms with Gasteiger partial charge in [0, 0.05) is 6.42 Å². The third-order valence-electron chi connectivity index (χ3n) is 5.30. The number of hydrogen-bond acceptors (Lipinski definition) is 5. The summed E-state index contributed by atoms with van der Waals surface area (Å²) in [5.41, 5.74) is 2.94. The molecule has 3 rings (SSSR count). The Morgan fingerprint density at radius 2 is 1.29 bits per heavy atom. The van der Waals surface area contributed by atoms with Gasteiger partial charge < -0.3 is 20.7 Å². The maximum Gasteiger partial charge on any atom is 0.325 e. The van der Waals surface area contributed by atoms with Crippen LogP contribution in [0.15, 0.2) is 91.0 Å². The third-order valence-corrected chi connectivity index (χ3v) is 5.30. The van der Waals surface area contributed by atoms with Crippen molar-refractivity contribution in [1.82, 2.24) is 16.0 Å². The Balaban J connectivity index is 1.46. The van der Waals surface area contributed by atoms with Crippen molar-refractivity contribution in [3.8, 4) is 0 Å². The van der Waals surface area contributed by atoms with Crippen LogP contribution in [0.2, 0.25) is 0 Å². The van der Waals surface area contributed by atoms with Crippen molar-refractivity contribution in [1.29, 1.82) is 0 Å². The molecule has 3 N–H and O–H groups in total. The van der Waals surface area contributed by atoms with Gasteiger partial charge in [-0.3, -0.25) is 14.4 Å². The lowest BCUT2D eigenvalue weighted by Crippen LogP contribution is -2.51.